The van der Waals surface area contributed by atoms with Gasteiger partial charge in [0.15, 0.2) is 0 Å². The van der Waals surface area contributed by atoms with E-state index in [4.69, 9.17) is 10.1 Å². The quantitative estimate of drug-likeness (QED) is 0.233. The molecule has 34 valence electrons. The monoisotopic (exact) mass is 184 g/mol. The van der Waals surface area contributed by atoms with Crippen molar-refractivity contribution in [1.82, 2.24) is 0 Å². The molecule has 0 saturated carbocycles. The van der Waals surface area contributed by atoms with Crippen LogP contribution in [0.2, 0.25) is 0 Å². The smallest absolute Gasteiger partial charge is 0.00366 e. The first kappa shape index (κ1) is 18.5. The van der Waals surface area contributed by atoms with E-state index in [0.717, 1.165) is 0 Å². The van der Waals surface area contributed by atoms with Gasteiger partial charge >= 0.3 is 0 Å². The molecule has 0 radical (unpaired) electrons. The van der Waals surface area contributed by atoms with Gasteiger partial charge in [-0.25, -0.2) is 0 Å². The van der Waals surface area contributed by atoms with Gasteiger partial charge in [0.1, 0.15) is 0 Å². The summed E-state index contributed by atoms with van der Waals surface area (Å²) in [6.07, 6.45) is 0. The van der Waals surface area contributed by atoms with Gasteiger partial charge < -0.3 is 12.4 Å². The van der Waals surface area contributed by atoms with Gasteiger partial charge in [-0.3, -0.25) is 10.1 Å². The van der Waals surface area contributed by atoms with Crippen LogP contribution in [-0.2, 0) is 19.5 Å². The maximum absolute atomic E-state index is 8.12. The fraction of sp³-hybridized carbons (Fsp3) is 0. The van der Waals surface area contributed by atoms with E-state index in [-0.39, 0.29) is 37.2 Å². The molecule has 0 aliphatic heterocycles. The molecular formula is HClNO2Ru-. The minimum absolute atomic E-state index is 0. The molecule has 0 aliphatic rings. The fourth-order valence-corrected chi connectivity index (χ4v) is 0. The minimum atomic E-state index is 0. The Bertz CT molecular complexity index is 17.1. The molecule has 0 spiro atoms. The first-order valence-electron chi connectivity index (χ1n) is 0.408. The first-order chi connectivity index (χ1) is 1.41. The molecule has 5 heteroatoms. The van der Waals surface area contributed by atoms with Crippen molar-refractivity contribution >= 4 is 0 Å². The summed E-state index contributed by atoms with van der Waals surface area (Å²) in [7, 11) is 0. The topological polar surface area (TPSA) is 54.1 Å². The van der Waals surface area contributed by atoms with Crippen LogP contribution in [0, 0.1) is 10.1 Å². The van der Waals surface area contributed by atoms with Crippen LogP contribution in [0.25, 0.3) is 0 Å². The summed E-state index contributed by atoms with van der Waals surface area (Å²) >= 11 is 0. The van der Waals surface area contributed by atoms with E-state index >= 15 is 0 Å². The van der Waals surface area contributed by atoms with Crippen LogP contribution in [0.5, 0.6) is 0 Å². The van der Waals surface area contributed by atoms with Crippen LogP contribution in [0.3, 0.4) is 0 Å². The van der Waals surface area contributed by atoms with Crippen LogP contribution >= 0.6 is 0 Å². The normalized spacial score (nSPS) is 2.40. The standard InChI is InChI=1S/ClH.HNO2.Ru/c;2-1-3;/h1H;1H;/p-1. The van der Waals surface area contributed by atoms with E-state index in [1.807, 2.05) is 0 Å². The van der Waals surface area contributed by atoms with Crippen molar-refractivity contribution in [1.29, 1.82) is 0 Å². The van der Waals surface area contributed by atoms with Gasteiger partial charge in [0.05, 0.1) is 0 Å². The molecule has 0 saturated heterocycles. The van der Waals surface area contributed by atoms with E-state index in [9.17, 15) is 0 Å². The first-order valence-corrected chi connectivity index (χ1v) is 0.408. The summed E-state index contributed by atoms with van der Waals surface area (Å²) in [4.78, 5) is 8.12. The molecule has 0 bridgehead atoms. The average molecular weight is 184 g/mol. The Morgan fingerprint density at radius 3 is 1.60 bits per heavy atom. The maximum Gasteiger partial charge on any atom is 0.00366 e. The summed E-state index contributed by atoms with van der Waals surface area (Å²) in [5.74, 6) is 0. The fourth-order valence-electron chi connectivity index (χ4n) is 0. The van der Waals surface area contributed by atoms with Crippen molar-refractivity contribution in [3.05, 3.63) is 10.1 Å². The molecule has 0 aliphatic carbocycles. The largest absolute Gasteiger partial charge is 1.00 e. The number of nitrogens with one attached hydrogen (secondary N) is 1. The Kier molecular flexibility index (Phi) is 101. The maximum atomic E-state index is 8.12. The van der Waals surface area contributed by atoms with E-state index in [0.29, 0.717) is 0 Å². The zero-order chi connectivity index (χ0) is 2.71. The molecule has 0 amide bonds. The van der Waals surface area contributed by atoms with Crippen LogP contribution in [0.15, 0.2) is 0 Å². The molecule has 0 heterocycles. The van der Waals surface area contributed by atoms with Gasteiger partial charge in [-0.15, -0.1) is 0 Å². The molecular weight excluding hydrogens is 183 g/mol. The van der Waals surface area contributed by atoms with Crippen molar-refractivity contribution in [3.8, 4) is 0 Å². The van der Waals surface area contributed by atoms with E-state index < -0.39 is 0 Å². The van der Waals surface area contributed by atoms with Crippen molar-refractivity contribution in [2.45, 2.75) is 0 Å². The van der Waals surface area contributed by atoms with E-state index in [1.54, 1.807) is 0 Å². The summed E-state index contributed by atoms with van der Waals surface area (Å²) in [5.41, 5.74) is 0. The second-order valence-electron chi connectivity index (χ2n) is 0.0833. The zero-order valence-electron chi connectivity index (χ0n) is 2.05. The Morgan fingerprint density at radius 2 is 1.60 bits per heavy atom. The van der Waals surface area contributed by atoms with Gasteiger partial charge in [0.2, 0.25) is 0 Å². The van der Waals surface area contributed by atoms with Crippen molar-refractivity contribution < 1.29 is 37.2 Å². The zero-order valence-corrected chi connectivity index (χ0v) is 4.54. The third kappa shape index (κ3) is 235. The van der Waals surface area contributed by atoms with Crippen LogP contribution in [0.1, 0.15) is 0 Å². The molecule has 1 N–H and O–H groups in total. The van der Waals surface area contributed by atoms with Crippen molar-refractivity contribution in [2.24, 2.45) is 0 Å². The SMILES string of the molecule is O=[NH+][O-].[Cl-].[Ru]. The Balaban J connectivity index is -0.0000000200. The Labute approximate surface area is 47.9 Å². The summed E-state index contributed by atoms with van der Waals surface area (Å²) in [5, 5.41) is 8.38. The molecule has 3 nitrogen and oxygen atoms in total. The second-order valence-corrected chi connectivity index (χ2v) is 0.0833. The van der Waals surface area contributed by atoms with Crippen LogP contribution in [0.4, 0.5) is 0 Å². The van der Waals surface area contributed by atoms with E-state index in [1.165, 1.54) is 0 Å². The molecule has 0 fully saturated rings. The second kappa shape index (κ2) is 27.5. The third-order valence-corrected chi connectivity index (χ3v) is 0. The van der Waals surface area contributed by atoms with Gasteiger partial charge in [0, 0.05) is 24.8 Å². The predicted octanol–water partition coefficient (Wildman–Crippen LogP) is -4.67. The summed E-state index contributed by atoms with van der Waals surface area (Å²) in [6.45, 7) is 0. The molecule has 0 aromatic carbocycles. The van der Waals surface area contributed by atoms with E-state index in [2.05, 4.69) is 0 Å². The average Bonchev–Trinajstić information content (AvgIpc) is 0.918. The van der Waals surface area contributed by atoms with Crippen LogP contribution in [-0.4, -0.2) is 0 Å². The molecule has 0 aromatic heterocycles. The van der Waals surface area contributed by atoms with Crippen molar-refractivity contribution in [3.63, 3.8) is 0 Å². The molecule has 0 atom stereocenters. The Morgan fingerprint density at radius 1 is 1.60 bits per heavy atom. The Hall–Kier alpha value is 0.313. The van der Waals surface area contributed by atoms with Gasteiger partial charge in [-0.1, -0.05) is 0 Å². The number of hydrogen-bond donors (Lipinski definition) is 1. The van der Waals surface area contributed by atoms with Crippen molar-refractivity contribution in [2.75, 3.05) is 0 Å². The predicted molar refractivity (Wildman–Crippen MR) is 7.70 cm³/mol. The van der Waals surface area contributed by atoms with Crippen LogP contribution < -0.4 is 17.7 Å². The van der Waals surface area contributed by atoms with Gasteiger partial charge in [-0.05, 0) is 0 Å². The summed E-state index contributed by atoms with van der Waals surface area (Å²) < 4.78 is 0. The number of halogens is 1. The minimum Gasteiger partial charge on any atom is -1.00 e. The molecule has 0 aromatic rings. The summed E-state index contributed by atoms with van der Waals surface area (Å²) in [6, 6.07) is 0. The third-order valence-electron chi connectivity index (χ3n) is 0. The number of hydrogen-bond acceptors (Lipinski definition) is 2. The number of rotatable bonds is 0. The molecule has 0 rings (SSSR count). The molecule has 5 heavy (non-hydrogen) atoms. The van der Waals surface area contributed by atoms with Gasteiger partial charge in [-0.2, -0.15) is 0 Å². The molecule has 0 unspecified atom stereocenters. The van der Waals surface area contributed by atoms with Gasteiger partial charge in [0.25, 0.3) is 0 Å².